The first-order valence-corrected chi connectivity index (χ1v) is 7.87. The topological polar surface area (TPSA) is 32.3 Å². The number of carbonyl (C=O) groups is 1. The Balaban J connectivity index is 2.15. The highest BCUT2D eigenvalue weighted by molar-refractivity contribution is 7.16. The zero-order valence-corrected chi connectivity index (χ0v) is 13.2. The Morgan fingerprint density at radius 2 is 2.21 bits per heavy atom. The second-order valence-electron chi connectivity index (χ2n) is 5.75. The van der Waals surface area contributed by atoms with Gasteiger partial charge in [0.15, 0.2) is 0 Å². The lowest BCUT2D eigenvalue weighted by Crippen LogP contribution is -2.34. The lowest BCUT2D eigenvalue weighted by molar-refractivity contribution is -0.114. The predicted molar refractivity (Wildman–Crippen MR) is 81.8 cm³/mol. The molecule has 0 spiro atoms. The summed E-state index contributed by atoms with van der Waals surface area (Å²) < 4.78 is 0. The molecule has 106 valence electrons. The van der Waals surface area contributed by atoms with Crippen LogP contribution < -0.4 is 5.32 Å². The van der Waals surface area contributed by atoms with Crippen LogP contribution in [-0.4, -0.2) is 23.9 Å². The number of thiophene rings is 1. The molecule has 1 saturated heterocycles. The molecule has 1 aromatic rings. The normalized spacial score (nSPS) is 20.5. The Kier molecular flexibility index (Phi) is 4.63. The molecule has 0 unspecified atom stereocenters. The summed E-state index contributed by atoms with van der Waals surface area (Å²) in [5, 5.41) is 4.03. The third-order valence-corrected chi connectivity index (χ3v) is 5.09. The summed E-state index contributed by atoms with van der Waals surface area (Å²) in [4.78, 5) is 15.1. The van der Waals surface area contributed by atoms with E-state index in [1.807, 2.05) is 0 Å². The number of amides is 1. The van der Waals surface area contributed by atoms with Gasteiger partial charge < -0.3 is 5.32 Å². The number of likely N-dealkylation sites (tertiary alicyclic amines) is 1. The molecular weight excluding hydrogens is 256 g/mol. The number of aryl methyl sites for hydroxylation is 1. The van der Waals surface area contributed by atoms with Crippen LogP contribution in [0, 0.1) is 19.8 Å². The van der Waals surface area contributed by atoms with Crippen molar-refractivity contribution < 1.29 is 4.79 Å². The first kappa shape index (κ1) is 14.5. The van der Waals surface area contributed by atoms with E-state index in [9.17, 15) is 4.79 Å². The summed E-state index contributed by atoms with van der Waals surface area (Å²) in [7, 11) is 0. The molecule has 19 heavy (non-hydrogen) atoms. The van der Waals surface area contributed by atoms with Gasteiger partial charge in [0, 0.05) is 30.5 Å². The highest BCUT2D eigenvalue weighted by Crippen LogP contribution is 2.34. The predicted octanol–water partition coefficient (Wildman–Crippen LogP) is 3.56. The quantitative estimate of drug-likeness (QED) is 0.918. The van der Waals surface area contributed by atoms with Crippen LogP contribution >= 0.6 is 11.3 Å². The maximum Gasteiger partial charge on any atom is 0.221 e. The van der Waals surface area contributed by atoms with Gasteiger partial charge in [-0.05, 0) is 44.7 Å². The van der Waals surface area contributed by atoms with Crippen LogP contribution in [0.1, 0.15) is 42.7 Å². The van der Waals surface area contributed by atoms with Crippen LogP contribution in [0.4, 0.5) is 5.00 Å². The van der Waals surface area contributed by atoms with E-state index < -0.39 is 0 Å². The van der Waals surface area contributed by atoms with Crippen LogP contribution in [0.3, 0.4) is 0 Å². The molecule has 0 aliphatic carbocycles. The molecule has 1 aromatic heterocycles. The van der Waals surface area contributed by atoms with E-state index in [1.54, 1.807) is 18.3 Å². The van der Waals surface area contributed by atoms with Crippen LogP contribution in [0.25, 0.3) is 0 Å². The van der Waals surface area contributed by atoms with Gasteiger partial charge in [-0.2, -0.15) is 0 Å². The van der Waals surface area contributed by atoms with Gasteiger partial charge in [0.25, 0.3) is 0 Å². The molecule has 4 heteroatoms. The number of hydrogen-bond acceptors (Lipinski definition) is 3. The fourth-order valence-electron chi connectivity index (χ4n) is 2.78. The fraction of sp³-hybridized carbons (Fsp3) is 0.667. The molecule has 0 saturated carbocycles. The van der Waals surface area contributed by atoms with E-state index in [4.69, 9.17) is 0 Å². The molecule has 3 nitrogen and oxygen atoms in total. The van der Waals surface area contributed by atoms with Crippen LogP contribution in [0.2, 0.25) is 0 Å². The van der Waals surface area contributed by atoms with E-state index in [1.165, 1.54) is 41.9 Å². The molecular formula is C15H24N2OS. The van der Waals surface area contributed by atoms with Crippen molar-refractivity contribution in [2.75, 3.05) is 18.4 Å². The maximum atomic E-state index is 11.3. The van der Waals surface area contributed by atoms with Crippen LogP contribution in [0.5, 0.6) is 0 Å². The minimum atomic E-state index is 0.0227. The minimum Gasteiger partial charge on any atom is -0.318 e. The number of hydrogen-bond donors (Lipinski definition) is 1. The molecule has 0 aromatic carbocycles. The first-order valence-electron chi connectivity index (χ1n) is 7.06. The van der Waals surface area contributed by atoms with Gasteiger partial charge in [0.2, 0.25) is 5.91 Å². The maximum absolute atomic E-state index is 11.3. The average molecular weight is 280 g/mol. The number of carbonyl (C=O) groups excluding carboxylic acids is 1. The minimum absolute atomic E-state index is 0.0227. The van der Waals surface area contributed by atoms with Crippen molar-refractivity contribution >= 4 is 22.2 Å². The lowest BCUT2D eigenvalue weighted by Gasteiger charge is -2.31. The summed E-state index contributed by atoms with van der Waals surface area (Å²) >= 11 is 1.70. The third-order valence-electron chi connectivity index (χ3n) is 3.92. The van der Waals surface area contributed by atoms with Crippen molar-refractivity contribution in [2.24, 2.45) is 5.92 Å². The monoisotopic (exact) mass is 280 g/mol. The Hall–Kier alpha value is -0.870. The van der Waals surface area contributed by atoms with Gasteiger partial charge in [-0.15, -0.1) is 11.3 Å². The molecule has 2 rings (SSSR count). The zero-order chi connectivity index (χ0) is 14.0. The number of piperidine rings is 1. The molecule has 1 atom stereocenters. The standard InChI is InChI=1S/C15H24N2OS/c1-10-6-5-7-17(8-10)9-14-11(2)12(3)19-15(14)16-13(4)18/h10H,5-9H2,1-4H3,(H,16,18)/t10-/m0/s1. The molecule has 1 N–H and O–H groups in total. The number of anilines is 1. The van der Waals surface area contributed by atoms with E-state index >= 15 is 0 Å². The van der Waals surface area contributed by atoms with E-state index in [0.29, 0.717) is 0 Å². The van der Waals surface area contributed by atoms with Crippen molar-refractivity contribution in [3.8, 4) is 0 Å². The second kappa shape index (κ2) is 6.06. The van der Waals surface area contributed by atoms with E-state index in [2.05, 4.69) is 31.0 Å². The zero-order valence-electron chi connectivity index (χ0n) is 12.4. The summed E-state index contributed by atoms with van der Waals surface area (Å²) in [6.07, 6.45) is 2.63. The third kappa shape index (κ3) is 3.57. The van der Waals surface area contributed by atoms with Gasteiger partial charge >= 0.3 is 0 Å². The van der Waals surface area contributed by atoms with E-state index in [-0.39, 0.29) is 5.91 Å². The van der Waals surface area contributed by atoms with Crippen molar-refractivity contribution in [3.63, 3.8) is 0 Å². The highest BCUT2D eigenvalue weighted by atomic mass is 32.1. The molecule has 1 aliphatic rings. The molecule has 2 heterocycles. The number of rotatable bonds is 3. The SMILES string of the molecule is CC(=O)Nc1sc(C)c(C)c1CN1CCC[C@H](C)C1. The van der Waals surface area contributed by atoms with Crippen molar-refractivity contribution in [2.45, 2.75) is 47.1 Å². The first-order chi connectivity index (χ1) is 8.97. The Morgan fingerprint density at radius 3 is 2.84 bits per heavy atom. The number of nitrogens with zero attached hydrogens (tertiary/aromatic N) is 1. The summed E-state index contributed by atoms with van der Waals surface area (Å²) in [6, 6.07) is 0. The van der Waals surface area contributed by atoms with Crippen LogP contribution in [-0.2, 0) is 11.3 Å². The second-order valence-corrected chi connectivity index (χ2v) is 6.98. The molecule has 0 bridgehead atoms. The molecule has 1 amide bonds. The molecule has 0 radical (unpaired) electrons. The number of nitrogens with one attached hydrogen (secondary N) is 1. The summed E-state index contributed by atoms with van der Waals surface area (Å²) in [5.41, 5.74) is 2.65. The molecule has 1 aliphatic heterocycles. The molecule has 1 fully saturated rings. The fourth-order valence-corrected chi connectivity index (χ4v) is 3.90. The van der Waals surface area contributed by atoms with Gasteiger partial charge in [-0.3, -0.25) is 9.69 Å². The van der Waals surface area contributed by atoms with Gasteiger partial charge in [0.1, 0.15) is 0 Å². The van der Waals surface area contributed by atoms with Crippen molar-refractivity contribution in [1.82, 2.24) is 4.90 Å². The largest absolute Gasteiger partial charge is 0.318 e. The summed E-state index contributed by atoms with van der Waals surface area (Å²) in [6.45, 7) is 11.5. The van der Waals surface area contributed by atoms with Crippen molar-refractivity contribution in [3.05, 3.63) is 16.0 Å². The van der Waals surface area contributed by atoms with Gasteiger partial charge in [-0.1, -0.05) is 6.92 Å². The van der Waals surface area contributed by atoms with Gasteiger partial charge in [-0.25, -0.2) is 0 Å². The Morgan fingerprint density at radius 1 is 1.47 bits per heavy atom. The highest BCUT2D eigenvalue weighted by Gasteiger charge is 2.20. The Labute approximate surface area is 120 Å². The summed E-state index contributed by atoms with van der Waals surface area (Å²) in [5.74, 6) is 0.813. The van der Waals surface area contributed by atoms with E-state index in [0.717, 1.165) is 17.5 Å². The lowest BCUT2D eigenvalue weighted by atomic mass is 9.99. The van der Waals surface area contributed by atoms with Crippen molar-refractivity contribution in [1.29, 1.82) is 0 Å². The average Bonchev–Trinajstić information content (AvgIpc) is 2.56. The Bertz CT molecular complexity index is 467. The van der Waals surface area contributed by atoms with Gasteiger partial charge in [0.05, 0.1) is 5.00 Å². The van der Waals surface area contributed by atoms with Crippen LogP contribution in [0.15, 0.2) is 0 Å². The smallest absolute Gasteiger partial charge is 0.221 e.